The Bertz CT molecular complexity index is 1000. The number of allylic oxidation sites excluding steroid dienone is 4. The molecule has 1 nitrogen and oxygen atoms in total. The fourth-order valence-corrected chi connectivity index (χ4v) is 4.01. The molecule has 0 aliphatic heterocycles. The van der Waals surface area contributed by atoms with Gasteiger partial charge >= 0.3 is 6.11 Å². The third kappa shape index (κ3) is 8.86. The predicted molar refractivity (Wildman–Crippen MR) is 134 cm³/mol. The fraction of sp³-hybridized carbons (Fsp3) is 0.310. The first kappa shape index (κ1) is 31.0. The Balaban J connectivity index is 0.000000709. The Kier molecular flexibility index (Phi) is 13.6. The molecule has 3 rings (SSSR count). The lowest BCUT2D eigenvalue weighted by Crippen LogP contribution is -2.18. The molecule has 0 heterocycles. The first-order valence-corrected chi connectivity index (χ1v) is 11.4. The molecule has 1 aliphatic carbocycles. The molecule has 0 atom stereocenters. The minimum absolute atomic E-state index is 0.0449. The summed E-state index contributed by atoms with van der Waals surface area (Å²) in [5.41, 5.74) is 0.475. The summed E-state index contributed by atoms with van der Waals surface area (Å²) in [7, 11) is 0.746. The predicted octanol–water partition coefficient (Wildman–Crippen LogP) is 9.93. The van der Waals surface area contributed by atoms with Gasteiger partial charge in [0.1, 0.15) is 0 Å². The molecule has 0 saturated heterocycles. The molecule has 0 amide bonds. The van der Waals surface area contributed by atoms with Crippen LogP contribution in [-0.4, -0.2) is 7.11 Å². The normalized spacial score (nSPS) is 17.7. The Morgan fingerprint density at radius 2 is 1.50 bits per heavy atom. The van der Waals surface area contributed by atoms with Gasteiger partial charge in [-0.1, -0.05) is 61.7 Å². The van der Waals surface area contributed by atoms with E-state index in [1.807, 2.05) is 19.1 Å². The van der Waals surface area contributed by atoms with E-state index >= 15 is 0 Å². The molecule has 196 valence electrons. The quantitative estimate of drug-likeness (QED) is 0.213. The van der Waals surface area contributed by atoms with Gasteiger partial charge in [0.05, 0.1) is 18.2 Å². The van der Waals surface area contributed by atoms with Gasteiger partial charge in [-0.25, -0.2) is 17.6 Å². The van der Waals surface area contributed by atoms with Crippen molar-refractivity contribution in [3.8, 4) is 11.1 Å². The number of alkyl halides is 2. The van der Waals surface area contributed by atoms with Crippen LogP contribution in [0.5, 0.6) is 0 Å². The van der Waals surface area contributed by atoms with Gasteiger partial charge in [-0.15, -0.1) is 0 Å². The van der Waals surface area contributed by atoms with E-state index in [0.29, 0.717) is 23.7 Å². The molecule has 7 heteroatoms. The molecule has 1 saturated carbocycles. The lowest BCUT2D eigenvalue weighted by Gasteiger charge is -2.27. The molecule has 1 aliphatic rings. The van der Waals surface area contributed by atoms with Crippen LogP contribution in [0.3, 0.4) is 0 Å². The summed E-state index contributed by atoms with van der Waals surface area (Å²) in [5.74, 6) is -1.79. The van der Waals surface area contributed by atoms with Crippen molar-refractivity contribution in [3.05, 3.63) is 109 Å². The van der Waals surface area contributed by atoms with Crippen molar-refractivity contribution in [2.45, 2.75) is 44.6 Å². The van der Waals surface area contributed by atoms with Gasteiger partial charge in [0.15, 0.2) is 11.6 Å². The largest absolute Gasteiger partial charge is 0.386 e. The molecule has 2 aromatic carbocycles. The minimum atomic E-state index is -3.88. The first-order chi connectivity index (χ1) is 17.2. The highest BCUT2D eigenvalue weighted by atomic mass is 19.3. The smallest absolute Gasteiger partial charge is 0.320 e. The van der Waals surface area contributed by atoms with Crippen molar-refractivity contribution in [2.24, 2.45) is 5.92 Å². The zero-order valence-electron chi connectivity index (χ0n) is 20.5. The maximum absolute atomic E-state index is 14.4. The molecule has 0 unspecified atom stereocenters. The summed E-state index contributed by atoms with van der Waals surface area (Å²) in [6.07, 6.45) is 8.24. The Hall–Kier alpha value is -3.06. The van der Waals surface area contributed by atoms with Crippen LogP contribution in [0.2, 0.25) is 0 Å². The Morgan fingerprint density at radius 1 is 0.917 bits per heavy atom. The van der Waals surface area contributed by atoms with Gasteiger partial charge < -0.3 is 4.74 Å². The molecule has 0 N–H and O–H groups in total. The maximum Gasteiger partial charge on any atom is 0.386 e. The van der Waals surface area contributed by atoms with Gasteiger partial charge in [-0.05, 0) is 67.7 Å². The van der Waals surface area contributed by atoms with Crippen molar-refractivity contribution in [2.75, 3.05) is 7.11 Å². The zero-order chi connectivity index (χ0) is 27.1. The average molecular weight is 511 g/mol. The molecule has 2 aromatic rings. The molecule has 0 spiro atoms. The number of hydrogen-bond acceptors (Lipinski definition) is 1. The van der Waals surface area contributed by atoms with Gasteiger partial charge in [0, 0.05) is 12.7 Å². The zero-order valence-corrected chi connectivity index (χ0v) is 20.5. The average Bonchev–Trinajstić information content (AvgIpc) is 2.88. The highest BCUT2D eigenvalue weighted by molar-refractivity contribution is 5.65. The van der Waals surface area contributed by atoms with Crippen molar-refractivity contribution < 1.29 is 31.1 Å². The van der Waals surface area contributed by atoms with Crippen LogP contribution in [-0.2, 0) is 10.8 Å². The van der Waals surface area contributed by atoms with Crippen LogP contribution < -0.4 is 0 Å². The van der Waals surface area contributed by atoms with Gasteiger partial charge in [-0.3, -0.25) is 0 Å². The number of ether oxygens (including phenoxy) is 1. The molecular formula is C29H32F6O. The SMILES string of the molecule is C/C=C/C1CCC(c2ccc(-c3ccc(C(F)(F)OC)c(F)c3F)cc2)CC1.C=C/C=C\F.C=CF. The summed E-state index contributed by atoms with van der Waals surface area (Å²) in [4.78, 5) is 0. The molecular weight excluding hydrogens is 478 g/mol. The molecule has 0 aromatic heterocycles. The van der Waals surface area contributed by atoms with Gasteiger partial charge in [0.2, 0.25) is 0 Å². The molecule has 36 heavy (non-hydrogen) atoms. The lowest BCUT2D eigenvalue weighted by atomic mass is 9.78. The Labute approximate surface area is 209 Å². The fourth-order valence-electron chi connectivity index (χ4n) is 4.01. The Morgan fingerprint density at radius 3 is 1.94 bits per heavy atom. The van der Waals surface area contributed by atoms with Crippen molar-refractivity contribution in [1.29, 1.82) is 0 Å². The van der Waals surface area contributed by atoms with Gasteiger partial charge in [-0.2, -0.15) is 8.78 Å². The summed E-state index contributed by atoms with van der Waals surface area (Å²) < 4.78 is 80.5. The highest BCUT2D eigenvalue weighted by Gasteiger charge is 2.36. The van der Waals surface area contributed by atoms with Crippen molar-refractivity contribution in [3.63, 3.8) is 0 Å². The van der Waals surface area contributed by atoms with Crippen LogP contribution in [0.25, 0.3) is 11.1 Å². The van der Waals surface area contributed by atoms with Crippen LogP contribution >= 0.6 is 0 Å². The van der Waals surface area contributed by atoms with E-state index in [-0.39, 0.29) is 11.9 Å². The monoisotopic (exact) mass is 510 g/mol. The number of benzene rings is 2. The molecule has 0 radical (unpaired) electrons. The highest BCUT2D eigenvalue weighted by Crippen LogP contribution is 2.38. The van der Waals surface area contributed by atoms with E-state index in [0.717, 1.165) is 44.9 Å². The summed E-state index contributed by atoms with van der Waals surface area (Å²) in [5, 5.41) is 0. The van der Waals surface area contributed by atoms with E-state index in [4.69, 9.17) is 0 Å². The van der Waals surface area contributed by atoms with Crippen molar-refractivity contribution >= 4 is 0 Å². The van der Waals surface area contributed by atoms with Crippen LogP contribution in [0.4, 0.5) is 26.3 Å². The molecule has 0 bridgehead atoms. The number of halogens is 6. The van der Waals surface area contributed by atoms with Crippen molar-refractivity contribution in [1.82, 2.24) is 0 Å². The minimum Gasteiger partial charge on any atom is -0.320 e. The first-order valence-electron chi connectivity index (χ1n) is 11.4. The second-order valence-corrected chi connectivity index (χ2v) is 7.98. The van der Waals surface area contributed by atoms with E-state index in [9.17, 15) is 26.3 Å². The topological polar surface area (TPSA) is 9.23 Å². The van der Waals surface area contributed by atoms with Crippen LogP contribution in [0.15, 0.2) is 86.5 Å². The third-order valence-electron chi connectivity index (χ3n) is 5.79. The van der Waals surface area contributed by atoms with Crippen LogP contribution in [0, 0.1) is 17.6 Å². The second-order valence-electron chi connectivity index (χ2n) is 7.98. The summed E-state index contributed by atoms with van der Waals surface area (Å²) >= 11 is 0. The number of methoxy groups -OCH3 is 1. The van der Waals surface area contributed by atoms with E-state index < -0.39 is 23.3 Å². The third-order valence-corrected chi connectivity index (χ3v) is 5.79. The standard InChI is InChI=1S/C23H24F4O.C4H5F.C2H3F/c1-3-4-15-5-7-16(8-6-15)17-9-11-18(12-10-17)19-13-14-20(22(25)21(19)24)23(26,27)28-2;1-2-3-4-5;1-2-3/h3-4,9-16H,5-8H2,1-2H3;2-4H,1H2;2H,1H2/b4-3+;4-3-;. The second kappa shape index (κ2) is 15.8. The summed E-state index contributed by atoms with van der Waals surface area (Å²) in [6.45, 7) is 7.96. The molecule has 1 fully saturated rings. The summed E-state index contributed by atoms with van der Waals surface area (Å²) in [6, 6.07) is 9.32. The van der Waals surface area contributed by atoms with Crippen LogP contribution in [0.1, 0.15) is 49.7 Å². The van der Waals surface area contributed by atoms with E-state index in [2.05, 4.69) is 30.0 Å². The lowest BCUT2D eigenvalue weighted by molar-refractivity contribution is -0.233. The van der Waals surface area contributed by atoms with Gasteiger partial charge in [0.25, 0.3) is 0 Å². The number of hydrogen-bond donors (Lipinski definition) is 0. The van der Waals surface area contributed by atoms with E-state index in [1.54, 1.807) is 12.1 Å². The maximum atomic E-state index is 14.4. The van der Waals surface area contributed by atoms with E-state index in [1.165, 1.54) is 17.7 Å². The number of rotatable bonds is 6.